The molecule has 0 bridgehead atoms. The van der Waals surface area contributed by atoms with Crippen molar-refractivity contribution in [3.05, 3.63) is 0 Å². The molecule has 118 valence electrons. The summed E-state index contributed by atoms with van der Waals surface area (Å²) in [4.78, 5) is 0. The van der Waals surface area contributed by atoms with Crippen LogP contribution in [0.15, 0.2) is 0 Å². The third-order valence-electron chi connectivity index (χ3n) is 6.33. The Balaban J connectivity index is 1.67. The van der Waals surface area contributed by atoms with Gasteiger partial charge < -0.3 is 0 Å². The maximum Gasteiger partial charge on any atom is 0.110 e. The number of halogens is 1. The van der Waals surface area contributed by atoms with Crippen molar-refractivity contribution < 1.29 is 4.39 Å². The van der Waals surface area contributed by atoms with Gasteiger partial charge in [0.1, 0.15) is 5.67 Å². The minimum absolute atomic E-state index is 0.726. The van der Waals surface area contributed by atoms with E-state index in [2.05, 4.69) is 6.92 Å². The molecule has 0 aromatic carbocycles. The van der Waals surface area contributed by atoms with Crippen molar-refractivity contribution in [3.63, 3.8) is 0 Å². The van der Waals surface area contributed by atoms with Gasteiger partial charge in [-0.2, -0.15) is 0 Å². The van der Waals surface area contributed by atoms with E-state index in [0.29, 0.717) is 0 Å². The highest BCUT2D eigenvalue weighted by molar-refractivity contribution is 4.88. The first-order valence-electron chi connectivity index (χ1n) is 9.35. The zero-order valence-electron chi connectivity index (χ0n) is 13.8. The first kappa shape index (κ1) is 16.3. The minimum atomic E-state index is -0.812. The Bertz CT molecular complexity index is 257. The van der Waals surface area contributed by atoms with Gasteiger partial charge in [-0.3, -0.25) is 0 Å². The molecule has 2 aliphatic carbocycles. The maximum absolute atomic E-state index is 14.3. The average molecular weight is 282 g/mol. The van der Waals surface area contributed by atoms with Crippen molar-refractivity contribution >= 4 is 0 Å². The lowest BCUT2D eigenvalue weighted by Crippen LogP contribution is -2.32. The summed E-state index contributed by atoms with van der Waals surface area (Å²) in [6.07, 6.45) is 16.2. The van der Waals surface area contributed by atoms with E-state index >= 15 is 0 Å². The predicted octanol–water partition coefficient (Wildman–Crippen LogP) is 6.68. The van der Waals surface area contributed by atoms with Crippen LogP contribution in [0.25, 0.3) is 0 Å². The molecule has 0 saturated heterocycles. The second kappa shape index (κ2) is 7.80. The van der Waals surface area contributed by atoms with Gasteiger partial charge in [0.05, 0.1) is 0 Å². The second-order valence-corrected chi connectivity index (χ2v) is 7.62. The zero-order chi connectivity index (χ0) is 14.4. The van der Waals surface area contributed by atoms with Crippen molar-refractivity contribution in [2.45, 2.75) is 103 Å². The third kappa shape index (κ3) is 4.46. The average Bonchev–Trinajstić information content (AvgIpc) is 2.49. The fourth-order valence-electron chi connectivity index (χ4n) is 4.61. The third-order valence-corrected chi connectivity index (χ3v) is 6.33. The molecule has 0 amide bonds. The van der Waals surface area contributed by atoms with Crippen molar-refractivity contribution in [2.75, 3.05) is 0 Å². The summed E-state index contributed by atoms with van der Waals surface area (Å²) >= 11 is 0. The molecule has 1 heteroatoms. The van der Waals surface area contributed by atoms with E-state index in [9.17, 15) is 4.39 Å². The Labute approximate surface area is 125 Å². The summed E-state index contributed by atoms with van der Waals surface area (Å²) in [6.45, 7) is 4.31. The van der Waals surface area contributed by atoms with Gasteiger partial charge in [-0.1, -0.05) is 52.4 Å². The van der Waals surface area contributed by atoms with E-state index in [0.717, 1.165) is 49.9 Å². The molecule has 2 aliphatic rings. The number of unbranched alkanes of at least 4 members (excludes halogenated alkanes) is 2. The van der Waals surface area contributed by atoms with Gasteiger partial charge in [-0.05, 0) is 62.7 Å². The van der Waals surface area contributed by atoms with Gasteiger partial charge in [-0.15, -0.1) is 0 Å². The van der Waals surface area contributed by atoms with Crippen molar-refractivity contribution in [1.82, 2.24) is 0 Å². The topological polar surface area (TPSA) is 0 Å². The Kier molecular flexibility index (Phi) is 6.36. The minimum Gasteiger partial charge on any atom is -0.244 e. The van der Waals surface area contributed by atoms with E-state index < -0.39 is 5.67 Å². The van der Waals surface area contributed by atoms with Crippen LogP contribution in [0.3, 0.4) is 0 Å². The van der Waals surface area contributed by atoms with E-state index in [1.165, 1.54) is 51.4 Å². The van der Waals surface area contributed by atoms with Crippen LogP contribution in [-0.2, 0) is 0 Å². The Morgan fingerprint density at radius 2 is 1.45 bits per heavy atom. The lowest BCUT2D eigenvalue weighted by Gasteiger charge is -2.40. The monoisotopic (exact) mass is 282 g/mol. The lowest BCUT2D eigenvalue weighted by atomic mass is 9.67. The van der Waals surface area contributed by atoms with Gasteiger partial charge in [-0.25, -0.2) is 4.39 Å². The Hall–Kier alpha value is -0.0700. The maximum atomic E-state index is 14.3. The molecule has 0 unspecified atom stereocenters. The number of hydrogen-bond acceptors (Lipinski definition) is 0. The smallest absolute Gasteiger partial charge is 0.110 e. The summed E-state index contributed by atoms with van der Waals surface area (Å²) < 4.78 is 14.3. The van der Waals surface area contributed by atoms with E-state index in [1.807, 2.05) is 6.92 Å². The summed E-state index contributed by atoms with van der Waals surface area (Å²) in [5.41, 5.74) is -0.812. The quantitative estimate of drug-likeness (QED) is 0.476. The fraction of sp³-hybridized carbons (Fsp3) is 1.00. The SMILES string of the molecule is CCCCCC1CCC(C2CCC(F)(CC)CC2)CC1. The van der Waals surface area contributed by atoms with Crippen LogP contribution in [0.4, 0.5) is 4.39 Å². The Morgan fingerprint density at radius 3 is 2.00 bits per heavy atom. The fourth-order valence-corrected chi connectivity index (χ4v) is 4.61. The van der Waals surface area contributed by atoms with E-state index in [1.54, 1.807) is 0 Å². The van der Waals surface area contributed by atoms with Crippen LogP contribution in [-0.4, -0.2) is 5.67 Å². The largest absolute Gasteiger partial charge is 0.244 e. The van der Waals surface area contributed by atoms with Crippen molar-refractivity contribution in [1.29, 1.82) is 0 Å². The van der Waals surface area contributed by atoms with Crippen LogP contribution in [0.1, 0.15) is 97.3 Å². The van der Waals surface area contributed by atoms with Crippen LogP contribution in [0, 0.1) is 17.8 Å². The van der Waals surface area contributed by atoms with Gasteiger partial charge >= 0.3 is 0 Å². The molecular weight excluding hydrogens is 247 g/mol. The second-order valence-electron chi connectivity index (χ2n) is 7.62. The number of rotatable bonds is 6. The molecule has 0 nitrogen and oxygen atoms in total. The summed E-state index contributed by atoms with van der Waals surface area (Å²) in [7, 11) is 0. The highest BCUT2D eigenvalue weighted by atomic mass is 19.1. The molecule has 0 N–H and O–H groups in total. The molecule has 0 aromatic rings. The van der Waals surface area contributed by atoms with Crippen LogP contribution in [0.2, 0.25) is 0 Å². The van der Waals surface area contributed by atoms with Gasteiger partial charge in [0.2, 0.25) is 0 Å². The molecule has 0 radical (unpaired) electrons. The molecule has 0 atom stereocenters. The molecule has 20 heavy (non-hydrogen) atoms. The van der Waals surface area contributed by atoms with E-state index in [4.69, 9.17) is 0 Å². The van der Waals surface area contributed by atoms with Crippen LogP contribution < -0.4 is 0 Å². The molecule has 2 saturated carbocycles. The molecule has 2 rings (SSSR count). The molecule has 0 aromatic heterocycles. The highest BCUT2D eigenvalue weighted by Crippen LogP contribution is 2.45. The van der Waals surface area contributed by atoms with Crippen molar-refractivity contribution in [2.24, 2.45) is 17.8 Å². The van der Waals surface area contributed by atoms with Gasteiger partial charge in [0.15, 0.2) is 0 Å². The first-order valence-corrected chi connectivity index (χ1v) is 9.35. The molecule has 0 heterocycles. The summed E-state index contributed by atoms with van der Waals surface area (Å²) in [5, 5.41) is 0. The van der Waals surface area contributed by atoms with Gasteiger partial charge in [0, 0.05) is 0 Å². The number of alkyl halides is 1. The van der Waals surface area contributed by atoms with Gasteiger partial charge in [0.25, 0.3) is 0 Å². The normalized spacial score (nSPS) is 38.9. The zero-order valence-corrected chi connectivity index (χ0v) is 13.8. The van der Waals surface area contributed by atoms with Crippen molar-refractivity contribution in [3.8, 4) is 0 Å². The van der Waals surface area contributed by atoms with E-state index in [-0.39, 0.29) is 0 Å². The Morgan fingerprint density at radius 1 is 0.850 bits per heavy atom. The lowest BCUT2D eigenvalue weighted by molar-refractivity contribution is 0.0513. The molecule has 2 fully saturated rings. The standard InChI is InChI=1S/C19H35F/c1-3-5-6-7-16-8-10-17(11-9-16)18-12-14-19(20,4-2)15-13-18/h16-18H,3-15H2,1-2H3. The van der Waals surface area contributed by atoms with Crippen LogP contribution >= 0.6 is 0 Å². The molecule has 0 aliphatic heterocycles. The first-order chi connectivity index (χ1) is 9.67. The number of hydrogen-bond donors (Lipinski definition) is 0. The molecule has 0 spiro atoms. The highest BCUT2D eigenvalue weighted by Gasteiger charge is 2.37. The van der Waals surface area contributed by atoms with Crippen LogP contribution in [0.5, 0.6) is 0 Å². The summed E-state index contributed by atoms with van der Waals surface area (Å²) in [5.74, 6) is 2.79. The summed E-state index contributed by atoms with van der Waals surface area (Å²) in [6, 6.07) is 0. The predicted molar refractivity (Wildman–Crippen MR) is 85.7 cm³/mol. The molecular formula is C19H35F.